The van der Waals surface area contributed by atoms with Gasteiger partial charge in [-0.15, -0.1) is 0 Å². The van der Waals surface area contributed by atoms with Crippen LogP contribution in [0.2, 0.25) is 0 Å². The van der Waals surface area contributed by atoms with Gasteiger partial charge in [0.15, 0.2) is 0 Å². The fourth-order valence-electron chi connectivity index (χ4n) is 2.28. The summed E-state index contributed by atoms with van der Waals surface area (Å²) in [5, 5.41) is 11.6. The van der Waals surface area contributed by atoms with Crippen molar-refractivity contribution in [2.45, 2.75) is 13.3 Å². The number of anilines is 1. The largest absolute Gasteiger partial charge is 0.325 e. The molecule has 1 N–H and O–H groups in total. The molecule has 2 aromatic carbocycles. The van der Waals surface area contributed by atoms with Crippen LogP contribution in [0.5, 0.6) is 0 Å². The van der Waals surface area contributed by atoms with Crippen molar-refractivity contribution in [3.8, 4) is 6.07 Å². The van der Waals surface area contributed by atoms with Gasteiger partial charge >= 0.3 is 0 Å². The van der Waals surface area contributed by atoms with Crippen LogP contribution in [0.3, 0.4) is 0 Å². The molecule has 24 heavy (non-hydrogen) atoms. The first-order chi connectivity index (χ1) is 11.7. The van der Waals surface area contributed by atoms with Crippen molar-refractivity contribution in [1.29, 1.82) is 5.26 Å². The highest BCUT2D eigenvalue weighted by Gasteiger charge is 2.14. The minimum Gasteiger partial charge on any atom is -0.325 e. The minimum absolute atomic E-state index is 0.0686. The van der Waals surface area contributed by atoms with Crippen LogP contribution in [0.4, 0.5) is 5.69 Å². The molecule has 0 aromatic heterocycles. The standard InChI is InChI=1S/C19H19N3O2/c1-2-13-22(14-12-20)19(24)16-8-10-17(11-9-16)21-18(23)15-6-4-3-5-7-15/h3-11H,2,13-14H2,1H3,(H,21,23). The number of benzene rings is 2. The first-order valence-electron chi connectivity index (χ1n) is 7.78. The summed E-state index contributed by atoms with van der Waals surface area (Å²) in [4.78, 5) is 26.0. The second kappa shape index (κ2) is 8.49. The van der Waals surface area contributed by atoms with E-state index in [2.05, 4.69) is 5.32 Å². The molecular weight excluding hydrogens is 302 g/mol. The Morgan fingerprint density at radius 3 is 2.29 bits per heavy atom. The van der Waals surface area contributed by atoms with Crippen LogP contribution in [-0.4, -0.2) is 29.8 Å². The summed E-state index contributed by atoms with van der Waals surface area (Å²) in [6.07, 6.45) is 0.790. The predicted octanol–water partition coefficient (Wildman–Crippen LogP) is 3.31. The van der Waals surface area contributed by atoms with Gasteiger partial charge in [0.1, 0.15) is 6.54 Å². The number of carbonyl (C=O) groups excluding carboxylic acids is 2. The molecule has 2 aromatic rings. The molecule has 0 unspecified atom stereocenters. The Morgan fingerprint density at radius 1 is 1.04 bits per heavy atom. The molecule has 0 radical (unpaired) electrons. The van der Waals surface area contributed by atoms with E-state index in [4.69, 9.17) is 5.26 Å². The summed E-state index contributed by atoms with van der Waals surface area (Å²) >= 11 is 0. The Kier molecular flexibility index (Phi) is 6.09. The summed E-state index contributed by atoms with van der Waals surface area (Å²) < 4.78 is 0. The second-order valence-electron chi connectivity index (χ2n) is 5.28. The smallest absolute Gasteiger partial charge is 0.255 e. The van der Waals surface area contributed by atoms with Crippen molar-refractivity contribution >= 4 is 17.5 Å². The predicted molar refractivity (Wildman–Crippen MR) is 92.6 cm³/mol. The zero-order valence-electron chi connectivity index (χ0n) is 13.5. The number of hydrogen-bond donors (Lipinski definition) is 1. The van der Waals surface area contributed by atoms with Gasteiger partial charge in [-0.25, -0.2) is 0 Å². The molecule has 2 amide bonds. The molecule has 0 aliphatic heterocycles. The molecule has 5 nitrogen and oxygen atoms in total. The first kappa shape index (κ1) is 17.2. The van der Waals surface area contributed by atoms with Crippen LogP contribution >= 0.6 is 0 Å². The van der Waals surface area contributed by atoms with E-state index in [1.807, 2.05) is 19.1 Å². The Morgan fingerprint density at radius 2 is 1.71 bits per heavy atom. The lowest BCUT2D eigenvalue weighted by molar-refractivity contribution is 0.0776. The number of carbonyl (C=O) groups is 2. The molecule has 0 heterocycles. The number of nitrogens with one attached hydrogen (secondary N) is 1. The topological polar surface area (TPSA) is 73.2 Å². The summed E-state index contributed by atoms with van der Waals surface area (Å²) in [5.41, 5.74) is 1.68. The molecule has 5 heteroatoms. The van der Waals surface area contributed by atoms with E-state index >= 15 is 0 Å². The van der Waals surface area contributed by atoms with Crippen LogP contribution in [0.25, 0.3) is 0 Å². The molecule has 0 saturated heterocycles. The van der Waals surface area contributed by atoms with E-state index in [1.165, 1.54) is 4.90 Å². The van der Waals surface area contributed by atoms with Crippen LogP contribution < -0.4 is 5.32 Å². The van der Waals surface area contributed by atoms with Crippen LogP contribution in [0.1, 0.15) is 34.1 Å². The van der Waals surface area contributed by atoms with Crippen molar-refractivity contribution < 1.29 is 9.59 Å². The average molecular weight is 321 g/mol. The van der Waals surface area contributed by atoms with Gasteiger partial charge in [0.25, 0.3) is 11.8 Å². The van der Waals surface area contributed by atoms with E-state index in [9.17, 15) is 9.59 Å². The number of nitriles is 1. The normalized spacial score (nSPS) is 9.83. The van der Waals surface area contributed by atoms with Gasteiger partial charge in [-0.3, -0.25) is 9.59 Å². The van der Waals surface area contributed by atoms with Gasteiger partial charge in [-0.05, 0) is 42.8 Å². The van der Waals surface area contributed by atoms with Gasteiger partial charge in [0.05, 0.1) is 6.07 Å². The third kappa shape index (κ3) is 4.43. The number of nitrogens with zero attached hydrogens (tertiary/aromatic N) is 2. The number of rotatable bonds is 6. The highest BCUT2D eigenvalue weighted by Crippen LogP contribution is 2.13. The molecule has 0 atom stereocenters. The lowest BCUT2D eigenvalue weighted by Crippen LogP contribution is -2.32. The lowest BCUT2D eigenvalue weighted by Gasteiger charge is -2.18. The van der Waals surface area contributed by atoms with Crippen LogP contribution in [0.15, 0.2) is 54.6 Å². The Hall–Kier alpha value is -3.13. The third-order valence-electron chi connectivity index (χ3n) is 3.47. The molecule has 0 bridgehead atoms. The van der Waals surface area contributed by atoms with Crippen molar-refractivity contribution in [2.24, 2.45) is 0 Å². The molecule has 0 spiro atoms. The van der Waals surface area contributed by atoms with E-state index in [0.717, 1.165) is 6.42 Å². The quantitative estimate of drug-likeness (QED) is 0.830. The van der Waals surface area contributed by atoms with Crippen molar-refractivity contribution in [1.82, 2.24) is 4.90 Å². The first-order valence-corrected chi connectivity index (χ1v) is 7.78. The van der Waals surface area contributed by atoms with E-state index < -0.39 is 0 Å². The Bertz CT molecular complexity index is 733. The third-order valence-corrected chi connectivity index (χ3v) is 3.47. The molecule has 2 rings (SSSR count). The van der Waals surface area contributed by atoms with Gasteiger partial charge < -0.3 is 10.2 Å². The average Bonchev–Trinajstić information content (AvgIpc) is 2.62. The lowest BCUT2D eigenvalue weighted by atomic mass is 10.1. The van der Waals surface area contributed by atoms with Crippen molar-refractivity contribution in [3.63, 3.8) is 0 Å². The molecule has 0 aliphatic carbocycles. The maximum absolute atomic E-state index is 12.4. The highest BCUT2D eigenvalue weighted by atomic mass is 16.2. The fraction of sp³-hybridized carbons (Fsp3) is 0.211. The van der Waals surface area contributed by atoms with Crippen molar-refractivity contribution in [3.05, 3.63) is 65.7 Å². The highest BCUT2D eigenvalue weighted by molar-refractivity contribution is 6.04. The zero-order chi connectivity index (χ0) is 17.4. The van der Waals surface area contributed by atoms with Gasteiger partial charge in [-0.1, -0.05) is 25.1 Å². The maximum atomic E-state index is 12.4. The van der Waals surface area contributed by atoms with Gasteiger partial charge in [0.2, 0.25) is 0 Å². The fourth-order valence-corrected chi connectivity index (χ4v) is 2.28. The zero-order valence-corrected chi connectivity index (χ0v) is 13.5. The molecule has 122 valence electrons. The molecule has 0 fully saturated rings. The van der Waals surface area contributed by atoms with E-state index in [-0.39, 0.29) is 18.4 Å². The van der Waals surface area contributed by atoms with Crippen molar-refractivity contribution in [2.75, 3.05) is 18.4 Å². The van der Waals surface area contributed by atoms with E-state index in [1.54, 1.807) is 48.5 Å². The second-order valence-corrected chi connectivity index (χ2v) is 5.28. The van der Waals surface area contributed by atoms with Crippen LogP contribution in [0, 0.1) is 11.3 Å². The summed E-state index contributed by atoms with van der Waals surface area (Å²) in [5.74, 6) is -0.383. The monoisotopic (exact) mass is 321 g/mol. The number of amides is 2. The minimum atomic E-state index is -0.202. The van der Waals surface area contributed by atoms with Crippen LogP contribution in [-0.2, 0) is 0 Å². The maximum Gasteiger partial charge on any atom is 0.255 e. The SMILES string of the molecule is CCCN(CC#N)C(=O)c1ccc(NC(=O)c2ccccc2)cc1. The van der Waals surface area contributed by atoms with E-state index in [0.29, 0.717) is 23.4 Å². The Balaban J connectivity index is 2.06. The Labute approximate surface area is 141 Å². The summed E-state index contributed by atoms with van der Waals surface area (Å²) in [7, 11) is 0. The molecule has 0 aliphatic rings. The molecular formula is C19H19N3O2. The molecule has 0 saturated carbocycles. The summed E-state index contributed by atoms with van der Waals surface area (Å²) in [6.45, 7) is 2.57. The summed E-state index contributed by atoms with van der Waals surface area (Å²) in [6, 6.07) is 17.6. The van der Waals surface area contributed by atoms with Gasteiger partial charge in [-0.2, -0.15) is 5.26 Å². The van der Waals surface area contributed by atoms with Gasteiger partial charge in [0, 0.05) is 23.4 Å². The number of hydrogen-bond acceptors (Lipinski definition) is 3.